The summed E-state index contributed by atoms with van der Waals surface area (Å²) in [5, 5.41) is 4.19. The highest BCUT2D eigenvalue weighted by Gasteiger charge is 2.22. The van der Waals surface area contributed by atoms with Crippen molar-refractivity contribution in [3.63, 3.8) is 0 Å². The third kappa shape index (κ3) is 4.50. The molecule has 0 saturated heterocycles. The van der Waals surface area contributed by atoms with Crippen LogP contribution in [-0.4, -0.2) is 38.7 Å². The summed E-state index contributed by atoms with van der Waals surface area (Å²) in [6.07, 6.45) is 0. The Hall–Kier alpha value is -3.48. The van der Waals surface area contributed by atoms with Gasteiger partial charge in [0.25, 0.3) is 11.5 Å². The molecule has 0 radical (unpaired) electrons. The lowest BCUT2D eigenvalue weighted by atomic mass is 10.0. The number of aryl methyl sites for hydroxylation is 1. The summed E-state index contributed by atoms with van der Waals surface area (Å²) < 4.78 is 2.23. The standard InChI is InChI=1S/C24H28N4O3/c1-6-26(5)22(29)21-23(30)27(15-19-10-8-7-9-17(19)4)24(31)28(25-21)20-13-11-18(12-14-20)16(2)3/h7-14,16H,6,15H2,1-5H3. The molecule has 7 nitrogen and oxygen atoms in total. The molecule has 31 heavy (non-hydrogen) atoms. The minimum Gasteiger partial charge on any atom is -0.340 e. The van der Waals surface area contributed by atoms with E-state index in [1.54, 1.807) is 19.2 Å². The van der Waals surface area contributed by atoms with E-state index in [2.05, 4.69) is 18.9 Å². The lowest BCUT2D eigenvalue weighted by molar-refractivity contribution is 0.0791. The fourth-order valence-corrected chi connectivity index (χ4v) is 3.24. The zero-order valence-corrected chi connectivity index (χ0v) is 18.6. The van der Waals surface area contributed by atoms with Gasteiger partial charge in [-0.05, 0) is 48.6 Å². The minimum atomic E-state index is -0.686. The van der Waals surface area contributed by atoms with Gasteiger partial charge in [0.2, 0.25) is 5.69 Å². The Kier molecular flexibility index (Phi) is 6.53. The first-order valence-corrected chi connectivity index (χ1v) is 10.4. The van der Waals surface area contributed by atoms with Gasteiger partial charge in [-0.25, -0.2) is 4.79 Å². The fourth-order valence-electron chi connectivity index (χ4n) is 3.24. The third-order valence-electron chi connectivity index (χ3n) is 5.48. The van der Waals surface area contributed by atoms with Crippen LogP contribution in [0.5, 0.6) is 0 Å². The van der Waals surface area contributed by atoms with E-state index in [0.29, 0.717) is 18.2 Å². The van der Waals surface area contributed by atoms with Crippen LogP contribution in [0.1, 0.15) is 53.9 Å². The van der Waals surface area contributed by atoms with Crippen molar-refractivity contribution in [2.75, 3.05) is 13.6 Å². The maximum atomic E-state index is 13.3. The minimum absolute atomic E-state index is 0.0626. The maximum absolute atomic E-state index is 13.3. The van der Waals surface area contributed by atoms with E-state index < -0.39 is 17.2 Å². The molecule has 2 aromatic carbocycles. The highest BCUT2D eigenvalue weighted by atomic mass is 16.2. The Labute approximate surface area is 181 Å². The molecule has 7 heteroatoms. The highest BCUT2D eigenvalue weighted by Crippen LogP contribution is 2.16. The molecule has 0 N–H and O–H groups in total. The molecular formula is C24H28N4O3. The summed E-state index contributed by atoms with van der Waals surface area (Å²) in [4.78, 5) is 40.7. The van der Waals surface area contributed by atoms with Gasteiger partial charge in [0, 0.05) is 13.6 Å². The number of nitrogens with zero attached hydrogens (tertiary/aromatic N) is 4. The van der Waals surface area contributed by atoms with Gasteiger partial charge in [-0.1, -0.05) is 50.2 Å². The number of hydrogen-bond donors (Lipinski definition) is 0. The van der Waals surface area contributed by atoms with Gasteiger partial charge in [-0.3, -0.25) is 14.2 Å². The molecule has 0 bridgehead atoms. The molecule has 0 unspecified atom stereocenters. The van der Waals surface area contributed by atoms with Crippen molar-refractivity contribution in [1.29, 1.82) is 0 Å². The van der Waals surface area contributed by atoms with E-state index >= 15 is 0 Å². The first kappa shape index (κ1) is 22.2. The Balaban J connectivity index is 2.23. The second-order valence-electron chi connectivity index (χ2n) is 7.93. The van der Waals surface area contributed by atoms with Crippen molar-refractivity contribution < 1.29 is 4.79 Å². The van der Waals surface area contributed by atoms with E-state index in [1.165, 1.54) is 4.90 Å². The van der Waals surface area contributed by atoms with Crippen LogP contribution >= 0.6 is 0 Å². The zero-order chi connectivity index (χ0) is 22.7. The summed E-state index contributed by atoms with van der Waals surface area (Å²) >= 11 is 0. The zero-order valence-electron chi connectivity index (χ0n) is 18.6. The van der Waals surface area contributed by atoms with Crippen LogP contribution in [0.15, 0.2) is 58.1 Å². The first-order valence-electron chi connectivity index (χ1n) is 10.4. The third-order valence-corrected chi connectivity index (χ3v) is 5.48. The number of rotatable bonds is 6. The highest BCUT2D eigenvalue weighted by molar-refractivity contribution is 5.91. The van der Waals surface area contributed by atoms with Crippen molar-refractivity contribution in [3.8, 4) is 5.69 Å². The van der Waals surface area contributed by atoms with Gasteiger partial charge in [0.1, 0.15) is 0 Å². The van der Waals surface area contributed by atoms with E-state index in [9.17, 15) is 14.4 Å². The van der Waals surface area contributed by atoms with Crippen LogP contribution < -0.4 is 11.2 Å². The smallest absolute Gasteiger partial charge is 0.340 e. The summed E-state index contributed by atoms with van der Waals surface area (Å²) in [7, 11) is 1.60. The van der Waals surface area contributed by atoms with Crippen LogP contribution in [0.25, 0.3) is 5.69 Å². The Bertz CT molecular complexity index is 1210. The van der Waals surface area contributed by atoms with Gasteiger partial charge in [0.15, 0.2) is 0 Å². The molecule has 1 aromatic heterocycles. The average Bonchev–Trinajstić information content (AvgIpc) is 2.77. The second-order valence-corrected chi connectivity index (χ2v) is 7.93. The summed E-state index contributed by atoms with van der Waals surface area (Å²) in [6, 6.07) is 14.9. The van der Waals surface area contributed by atoms with E-state index in [1.807, 2.05) is 50.2 Å². The van der Waals surface area contributed by atoms with Crippen LogP contribution in [0.3, 0.4) is 0 Å². The SMILES string of the molecule is CCN(C)C(=O)c1nn(-c2ccc(C(C)C)cc2)c(=O)n(Cc2ccccc2C)c1=O. The summed E-state index contributed by atoms with van der Waals surface area (Å²) in [5.41, 5.74) is 1.86. The van der Waals surface area contributed by atoms with Gasteiger partial charge >= 0.3 is 5.69 Å². The Morgan fingerprint density at radius 3 is 2.29 bits per heavy atom. The number of amides is 1. The van der Waals surface area contributed by atoms with Crippen molar-refractivity contribution in [3.05, 3.63) is 91.8 Å². The number of carbonyl (C=O) groups is 1. The van der Waals surface area contributed by atoms with Crippen molar-refractivity contribution >= 4 is 5.91 Å². The maximum Gasteiger partial charge on any atom is 0.352 e. The summed E-state index contributed by atoms with van der Waals surface area (Å²) in [6.45, 7) is 8.37. The lowest BCUT2D eigenvalue weighted by Gasteiger charge is -2.17. The monoisotopic (exact) mass is 420 g/mol. The van der Waals surface area contributed by atoms with E-state index in [0.717, 1.165) is 25.9 Å². The van der Waals surface area contributed by atoms with Gasteiger partial charge in [-0.15, -0.1) is 0 Å². The molecule has 0 saturated carbocycles. The molecular weight excluding hydrogens is 392 g/mol. The van der Waals surface area contributed by atoms with Gasteiger partial charge < -0.3 is 4.90 Å². The Morgan fingerprint density at radius 2 is 1.71 bits per heavy atom. The molecule has 1 heterocycles. The predicted octanol–water partition coefficient (Wildman–Crippen LogP) is 2.97. The quantitative estimate of drug-likeness (QED) is 0.614. The van der Waals surface area contributed by atoms with Crippen LogP contribution in [0.2, 0.25) is 0 Å². The lowest BCUT2D eigenvalue weighted by Crippen LogP contribution is -2.46. The molecule has 0 aliphatic heterocycles. The number of hydrogen-bond acceptors (Lipinski definition) is 4. The summed E-state index contributed by atoms with van der Waals surface area (Å²) in [5.74, 6) is -0.178. The topological polar surface area (TPSA) is 77.2 Å². The average molecular weight is 421 g/mol. The normalized spacial score (nSPS) is 11.0. The van der Waals surface area contributed by atoms with Crippen LogP contribution in [0.4, 0.5) is 0 Å². The van der Waals surface area contributed by atoms with E-state index in [4.69, 9.17) is 0 Å². The molecule has 0 aliphatic carbocycles. The molecule has 3 aromatic rings. The fraction of sp³-hybridized carbons (Fsp3) is 0.333. The molecule has 0 atom stereocenters. The largest absolute Gasteiger partial charge is 0.352 e. The molecule has 1 amide bonds. The number of aromatic nitrogens is 3. The first-order chi connectivity index (χ1) is 14.7. The Morgan fingerprint density at radius 1 is 1.06 bits per heavy atom. The molecule has 0 spiro atoms. The van der Waals surface area contributed by atoms with Gasteiger partial charge in [0.05, 0.1) is 12.2 Å². The predicted molar refractivity (Wildman–Crippen MR) is 121 cm³/mol. The van der Waals surface area contributed by atoms with Crippen LogP contribution in [0, 0.1) is 6.92 Å². The molecule has 3 rings (SSSR count). The van der Waals surface area contributed by atoms with Crippen molar-refractivity contribution in [1.82, 2.24) is 19.2 Å². The molecule has 0 aliphatic rings. The van der Waals surface area contributed by atoms with E-state index in [-0.39, 0.29) is 12.2 Å². The van der Waals surface area contributed by atoms with Gasteiger partial charge in [-0.2, -0.15) is 9.78 Å². The number of carbonyl (C=O) groups excluding carboxylic acids is 1. The molecule has 0 fully saturated rings. The van der Waals surface area contributed by atoms with Crippen molar-refractivity contribution in [2.45, 2.75) is 40.2 Å². The molecule has 162 valence electrons. The van der Waals surface area contributed by atoms with Crippen molar-refractivity contribution in [2.24, 2.45) is 0 Å². The number of benzene rings is 2. The second kappa shape index (κ2) is 9.12. The van der Waals surface area contributed by atoms with Crippen LogP contribution in [-0.2, 0) is 6.54 Å².